The third kappa shape index (κ3) is 3.56. The van der Waals surface area contributed by atoms with E-state index in [1.807, 2.05) is 0 Å². The van der Waals surface area contributed by atoms with Gasteiger partial charge in [0.25, 0.3) is 0 Å². The fourth-order valence-corrected chi connectivity index (χ4v) is 2.24. The van der Waals surface area contributed by atoms with Crippen molar-refractivity contribution < 1.29 is 10.2 Å². The molecule has 1 fully saturated rings. The van der Waals surface area contributed by atoms with E-state index in [2.05, 4.69) is 5.32 Å². The Morgan fingerprint density at radius 1 is 1.29 bits per heavy atom. The Kier molecular flexibility index (Phi) is 4.85. The lowest BCUT2D eigenvalue weighted by atomic mass is 9.74. The van der Waals surface area contributed by atoms with E-state index in [1.165, 1.54) is 19.3 Å². The summed E-state index contributed by atoms with van der Waals surface area (Å²) in [6.07, 6.45) is 5.72. The van der Waals surface area contributed by atoms with Crippen molar-refractivity contribution in [1.82, 2.24) is 5.32 Å². The fraction of sp³-hybridized carbons (Fsp3) is 1.00. The van der Waals surface area contributed by atoms with Crippen molar-refractivity contribution in [2.24, 2.45) is 5.41 Å². The van der Waals surface area contributed by atoms with Gasteiger partial charge in [-0.25, -0.2) is 0 Å². The third-order valence-electron chi connectivity index (χ3n) is 3.19. The van der Waals surface area contributed by atoms with Crippen LogP contribution in [0.15, 0.2) is 0 Å². The van der Waals surface area contributed by atoms with Gasteiger partial charge in [-0.15, -0.1) is 0 Å². The van der Waals surface area contributed by atoms with Crippen LogP contribution >= 0.6 is 0 Å². The molecular weight excluding hydrogens is 178 g/mol. The molecule has 0 aliphatic heterocycles. The predicted octanol–water partition coefficient (Wildman–Crippen LogP) is 0.900. The van der Waals surface area contributed by atoms with E-state index < -0.39 is 0 Å². The maximum atomic E-state index is 9.40. The number of hydrogen-bond acceptors (Lipinski definition) is 3. The normalized spacial score (nSPS) is 23.4. The molecular formula is C11H23NO2. The Morgan fingerprint density at radius 2 is 1.93 bits per heavy atom. The average Bonchev–Trinajstić information content (AvgIpc) is 2.19. The van der Waals surface area contributed by atoms with E-state index in [4.69, 9.17) is 5.11 Å². The second-order valence-corrected chi connectivity index (χ2v) is 4.70. The molecule has 1 aliphatic carbocycles. The van der Waals surface area contributed by atoms with Crippen LogP contribution in [0.5, 0.6) is 0 Å². The highest BCUT2D eigenvalue weighted by Gasteiger charge is 2.30. The molecule has 0 saturated heterocycles. The van der Waals surface area contributed by atoms with Gasteiger partial charge in [-0.05, 0) is 19.8 Å². The lowest BCUT2D eigenvalue weighted by Gasteiger charge is -2.36. The van der Waals surface area contributed by atoms with E-state index in [9.17, 15) is 5.11 Å². The molecule has 0 aromatic heterocycles. The highest BCUT2D eigenvalue weighted by atomic mass is 16.3. The molecule has 3 nitrogen and oxygen atoms in total. The minimum Gasteiger partial charge on any atom is -0.396 e. The largest absolute Gasteiger partial charge is 0.396 e. The van der Waals surface area contributed by atoms with Crippen LogP contribution in [0.4, 0.5) is 0 Å². The van der Waals surface area contributed by atoms with Gasteiger partial charge in [-0.1, -0.05) is 19.3 Å². The number of aliphatic hydroxyl groups excluding tert-OH is 2. The third-order valence-corrected chi connectivity index (χ3v) is 3.19. The van der Waals surface area contributed by atoms with Gasteiger partial charge in [0.2, 0.25) is 0 Å². The van der Waals surface area contributed by atoms with Gasteiger partial charge in [0, 0.05) is 25.1 Å². The maximum Gasteiger partial charge on any atom is 0.0636 e. The Balaban J connectivity index is 2.29. The molecule has 0 unspecified atom stereocenters. The molecule has 0 spiro atoms. The number of aliphatic hydroxyl groups is 2. The van der Waals surface area contributed by atoms with Crippen LogP contribution in [0.2, 0.25) is 0 Å². The first-order valence-corrected chi connectivity index (χ1v) is 5.68. The van der Waals surface area contributed by atoms with Gasteiger partial charge in [0.15, 0.2) is 0 Å². The lowest BCUT2D eigenvalue weighted by molar-refractivity contribution is 0.0769. The van der Waals surface area contributed by atoms with Gasteiger partial charge in [0.05, 0.1) is 6.10 Å². The molecule has 0 aromatic rings. The monoisotopic (exact) mass is 201 g/mol. The van der Waals surface area contributed by atoms with E-state index in [-0.39, 0.29) is 18.1 Å². The van der Waals surface area contributed by atoms with Crippen molar-refractivity contribution >= 4 is 0 Å². The summed E-state index contributed by atoms with van der Waals surface area (Å²) in [7, 11) is 0. The first-order chi connectivity index (χ1) is 6.68. The van der Waals surface area contributed by atoms with Crippen molar-refractivity contribution in [2.75, 3.05) is 19.7 Å². The Labute approximate surface area is 86.5 Å². The Hall–Kier alpha value is -0.120. The van der Waals surface area contributed by atoms with Crippen molar-refractivity contribution in [3.63, 3.8) is 0 Å². The van der Waals surface area contributed by atoms with Gasteiger partial charge in [-0.3, -0.25) is 0 Å². The smallest absolute Gasteiger partial charge is 0.0636 e. The number of rotatable bonds is 5. The standard InChI is InChI=1S/C11H23NO2/c1-10(14)7-12-8-11(9-13)5-3-2-4-6-11/h10,12-14H,2-9H2,1H3/t10-/m1/s1. The van der Waals surface area contributed by atoms with Crippen molar-refractivity contribution in [1.29, 1.82) is 0 Å². The van der Waals surface area contributed by atoms with Crippen LogP contribution in [0.1, 0.15) is 39.0 Å². The summed E-state index contributed by atoms with van der Waals surface area (Å²) in [5, 5.41) is 21.8. The molecule has 0 aromatic carbocycles. The van der Waals surface area contributed by atoms with Gasteiger partial charge in [0.1, 0.15) is 0 Å². The summed E-state index contributed by atoms with van der Waals surface area (Å²) in [5.74, 6) is 0. The van der Waals surface area contributed by atoms with E-state index in [0.29, 0.717) is 6.54 Å². The summed E-state index contributed by atoms with van der Waals surface area (Å²) in [5.41, 5.74) is 0.0904. The van der Waals surface area contributed by atoms with Gasteiger partial charge >= 0.3 is 0 Å². The highest BCUT2D eigenvalue weighted by Crippen LogP contribution is 2.35. The summed E-state index contributed by atoms with van der Waals surface area (Å²) in [4.78, 5) is 0. The predicted molar refractivity (Wildman–Crippen MR) is 57.2 cm³/mol. The molecule has 0 radical (unpaired) electrons. The van der Waals surface area contributed by atoms with Crippen molar-refractivity contribution in [2.45, 2.75) is 45.1 Å². The fourth-order valence-electron chi connectivity index (χ4n) is 2.24. The zero-order chi connectivity index (χ0) is 10.4. The second-order valence-electron chi connectivity index (χ2n) is 4.70. The zero-order valence-electron chi connectivity index (χ0n) is 9.13. The maximum absolute atomic E-state index is 9.40. The van der Waals surface area contributed by atoms with Crippen LogP contribution in [0, 0.1) is 5.41 Å². The van der Waals surface area contributed by atoms with E-state index in [1.54, 1.807) is 6.92 Å². The molecule has 84 valence electrons. The van der Waals surface area contributed by atoms with Crippen molar-refractivity contribution in [3.05, 3.63) is 0 Å². The van der Waals surface area contributed by atoms with Gasteiger partial charge in [-0.2, -0.15) is 0 Å². The van der Waals surface area contributed by atoms with Crippen LogP contribution in [-0.2, 0) is 0 Å². The zero-order valence-corrected chi connectivity index (χ0v) is 9.13. The first kappa shape index (κ1) is 12.0. The average molecular weight is 201 g/mol. The van der Waals surface area contributed by atoms with E-state index in [0.717, 1.165) is 19.4 Å². The van der Waals surface area contributed by atoms with E-state index >= 15 is 0 Å². The summed E-state index contributed by atoms with van der Waals surface area (Å²) in [6, 6.07) is 0. The number of hydrogen-bond donors (Lipinski definition) is 3. The van der Waals surface area contributed by atoms with Gasteiger partial charge < -0.3 is 15.5 Å². The Morgan fingerprint density at radius 3 is 2.43 bits per heavy atom. The molecule has 3 N–H and O–H groups in total. The van der Waals surface area contributed by atoms with Crippen LogP contribution in [-0.4, -0.2) is 36.0 Å². The summed E-state index contributed by atoms with van der Waals surface area (Å²) < 4.78 is 0. The number of nitrogens with one attached hydrogen (secondary N) is 1. The quantitative estimate of drug-likeness (QED) is 0.619. The van der Waals surface area contributed by atoms with Crippen LogP contribution < -0.4 is 5.32 Å². The highest BCUT2D eigenvalue weighted by molar-refractivity contribution is 4.84. The molecule has 0 bridgehead atoms. The van der Waals surface area contributed by atoms with Crippen molar-refractivity contribution in [3.8, 4) is 0 Å². The molecule has 1 aliphatic rings. The molecule has 1 atom stereocenters. The van der Waals surface area contributed by atoms with Crippen LogP contribution in [0.3, 0.4) is 0 Å². The molecule has 1 rings (SSSR count). The Bertz CT molecular complexity index is 153. The molecule has 0 amide bonds. The first-order valence-electron chi connectivity index (χ1n) is 5.68. The minimum absolute atomic E-state index is 0.0904. The topological polar surface area (TPSA) is 52.5 Å². The molecule has 0 heterocycles. The summed E-state index contributed by atoms with van der Waals surface area (Å²) in [6.45, 7) is 3.52. The lowest BCUT2D eigenvalue weighted by Crippen LogP contribution is -2.41. The summed E-state index contributed by atoms with van der Waals surface area (Å²) >= 11 is 0. The second kappa shape index (κ2) is 5.69. The molecule has 3 heteroatoms. The van der Waals surface area contributed by atoms with Crippen LogP contribution in [0.25, 0.3) is 0 Å². The SMILES string of the molecule is C[C@@H](O)CNCC1(CO)CCCCC1. The molecule has 14 heavy (non-hydrogen) atoms. The molecule has 1 saturated carbocycles. The minimum atomic E-state index is -0.297.